The third-order valence-electron chi connectivity index (χ3n) is 4.33. The highest BCUT2D eigenvalue weighted by molar-refractivity contribution is 5.94. The number of carbonyl (C=O) groups is 1. The molecule has 3 aromatic rings. The lowest BCUT2D eigenvalue weighted by atomic mass is 10.2. The van der Waals surface area contributed by atoms with E-state index in [0.29, 0.717) is 19.0 Å². The minimum atomic E-state index is -0.571. The summed E-state index contributed by atoms with van der Waals surface area (Å²) in [6.07, 6.45) is 3.39. The number of halogens is 2. The van der Waals surface area contributed by atoms with E-state index in [2.05, 4.69) is 4.98 Å². The second-order valence-corrected chi connectivity index (χ2v) is 6.30. The van der Waals surface area contributed by atoms with Crippen LogP contribution in [0, 0.1) is 11.6 Å². The van der Waals surface area contributed by atoms with Crippen LogP contribution in [0.2, 0.25) is 0 Å². The highest BCUT2D eigenvalue weighted by Gasteiger charge is 2.21. The Labute approximate surface area is 162 Å². The van der Waals surface area contributed by atoms with Gasteiger partial charge >= 0.3 is 0 Å². The number of methoxy groups -OCH3 is 1. The van der Waals surface area contributed by atoms with E-state index in [1.807, 2.05) is 10.6 Å². The third kappa shape index (κ3) is 4.80. The molecule has 0 bridgehead atoms. The van der Waals surface area contributed by atoms with Gasteiger partial charge in [0.25, 0.3) is 5.91 Å². The van der Waals surface area contributed by atoms with Gasteiger partial charge in [-0.25, -0.2) is 13.8 Å². The molecule has 1 aromatic heterocycles. The summed E-state index contributed by atoms with van der Waals surface area (Å²) in [5, 5.41) is 0. The lowest BCUT2D eigenvalue weighted by Gasteiger charge is -2.23. The normalized spacial score (nSPS) is 10.8. The quantitative estimate of drug-likeness (QED) is 0.596. The first-order valence-corrected chi connectivity index (χ1v) is 8.85. The molecule has 0 aliphatic heterocycles. The Morgan fingerprint density at radius 3 is 2.75 bits per heavy atom. The Hall–Kier alpha value is -3.06. The molecule has 5 nitrogen and oxygen atoms in total. The standard InChI is InChI=1S/C21H21F2N3O2/c1-28-12-11-26(21(27)18-7-2-3-8-19(18)23)15-20-24-9-10-25(20)14-16-5-4-6-17(22)13-16/h2-10,13H,11-12,14-15H2,1H3. The van der Waals surface area contributed by atoms with Crippen LogP contribution in [0.1, 0.15) is 21.7 Å². The van der Waals surface area contributed by atoms with Gasteiger partial charge in [0, 0.05) is 32.6 Å². The number of rotatable bonds is 8. The summed E-state index contributed by atoms with van der Waals surface area (Å²) in [7, 11) is 1.54. The maximum Gasteiger partial charge on any atom is 0.257 e. The Bertz CT molecular complexity index is 943. The largest absolute Gasteiger partial charge is 0.383 e. The van der Waals surface area contributed by atoms with E-state index in [0.717, 1.165) is 5.56 Å². The van der Waals surface area contributed by atoms with Crippen LogP contribution in [-0.2, 0) is 17.8 Å². The number of imidazole rings is 1. The molecule has 0 saturated carbocycles. The smallest absolute Gasteiger partial charge is 0.257 e. The van der Waals surface area contributed by atoms with Crippen molar-refractivity contribution >= 4 is 5.91 Å². The molecule has 2 aromatic carbocycles. The van der Waals surface area contributed by atoms with E-state index in [-0.39, 0.29) is 24.5 Å². The molecule has 3 rings (SSSR count). The first-order chi connectivity index (χ1) is 13.6. The van der Waals surface area contributed by atoms with Crippen molar-refractivity contribution in [3.63, 3.8) is 0 Å². The summed E-state index contributed by atoms with van der Waals surface area (Å²) in [6.45, 7) is 1.19. The number of benzene rings is 2. The van der Waals surface area contributed by atoms with Crippen LogP contribution in [0.15, 0.2) is 60.9 Å². The number of carbonyl (C=O) groups excluding carboxylic acids is 1. The number of hydrogen-bond acceptors (Lipinski definition) is 3. The fraction of sp³-hybridized carbons (Fsp3) is 0.238. The van der Waals surface area contributed by atoms with Crippen LogP contribution in [0.25, 0.3) is 0 Å². The lowest BCUT2D eigenvalue weighted by molar-refractivity contribution is 0.0668. The zero-order chi connectivity index (χ0) is 19.9. The maximum atomic E-state index is 14.1. The van der Waals surface area contributed by atoms with Gasteiger partial charge in [-0.3, -0.25) is 4.79 Å². The van der Waals surface area contributed by atoms with Crippen LogP contribution in [0.5, 0.6) is 0 Å². The van der Waals surface area contributed by atoms with Crippen molar-refractivity contribution in [2.24, 2.45) is 0 Å². The van der Waals surface area contributed by atoms with E-state index >= 15 is 0 Å². The van der Waals surface area contributed by atoms with Gasteiger partial charge in [0.05, 0.1) is 18.7 Å². The molecule has 7 heteroatoms. The van der Waals surface area contributed by atoms with Crippen molar-refractivity contribution in [1.29, 1.82) is 0 Å². The third-order valence-corrected chi connectivity index (χ3v) is 4.33. The van der Waals surface area contributed by atoms with Crippen LogP contribution >= 0.6 is 0 Å². The zero-order valence-electron chi connectivity index (χ0n) is 15.5. The van der Waals surface area contributed by atoms with Crippen LogP contribution in [0.4, 0.5) is 8.78 Å². The van der Waals surface area contributed by atoms with Gasteiger partial charge in [0.2, 0.25) is 0 Å². The molecule has 0 aliphatic carbocycles. The van der Waals surface area contributed by atoms with Crippen LogP contribution in [-0.4, -0.2) is 40.6 Å². The molecule has 0 spiro atoms. The van der Waals surface area contributed by atoms with Gasteiger partial charge < -0.3 is 14.2 Å². The highest BCUT2D eigenvalue weighted by Crippen LogP contribution is 2.14. The summed E-state index contributed by atoms with van der Waals surface area (Å²) >= 11 is 0. The average Bonchev–Trinajstić information content (AvgIpc) is 3.11. The van der Waals surface area contributed by atoms with Crippen molar-refractivity contribution < 1.29 is 18.3 Å². The molecule has 0 saturated heterocycles. The molecule has 1 heterocycles. The van der Waals surface area contributed by atoms with Crippen molar-refractivity contribution in [2.75, 3.05) is 20.3 Å². The molecule has 146 valence electrons. The Morgan fingerprint density at radius 1 is 1.18 bits per heavy atom. The first kappa shape index (κ1) is 19.7. The maximum absolute atomic E-state index is 14.1. The fourth-order valence-corrected chi connectivity index (χ4v) is 2.90. The SMILES string of the molecule is COCCN(Cc1nccn1Cc1cccc(F)c1)C(=O)c1ccccc1F. The van der Waals surface area contributed by atoms with Gasteiger partial charge in [0.15, 0.2) is 0 Å². The van der Waals surface area contributed by atoms with Gasteiger partial charge in [-0.2, -0.15) is 0 Å². The molecule has 0 atom stereocenters. The van der Waals surface area contributed by atoms with E-state index in [1.165, 1.54) is 42.3 Å². The molecular formula is C21H21F2N3O2. The zero-order valence-corrected chi connectivity index (χ0v) is 15.5. The Kier molecular flexibility index (Phi) is 6.49. The molecule has 0 N–H and O–H groups in total. The Morgan fingerprint density at radius 2 is 2.00 bits per heavy atom. The minimum Gasteiger partial charge on any atom is -0.383 e. The number of nitrogens with zero attached hydrogens (tertiary/aromatic N) is 3. The topological polar surface area (TPSA) is 47.4 Å². The number of ether oxygens (including phenoxy) is 1. The molecule has 1 amide bonds. The van der Waals surface area contributed by atoms with Crippen LogP contribution in [0.3, 0.4) is 0 Å². The van der Waals surface area contributed by atoms with Gasteiger partial charge in [-0.15, -0.1) is 0 Å². The van der Waals surface area contributed by atoms with Crippen molar-refractivity contribution in [3.8, 4) is 0 Å². The molecular weight excluding hydrogens is 364 g/mol. The minimum absolute atomic E-state index is 0.00170. The predicted octanol–water partition coefficient (Wildman–Crippen LogP) is 3.50. The van der Waals surface area contributed by atoms with Crippen molar-refractivity contribution in [1.82, 2.24) is 14.5 Å². The number of amides is 1. The first-order valence-electron chi connectivity index (χ1n) is 8.85. The number of aromatic nitrogens is 2. The van der Waals surface area contributed by atoms with Gasteiger partial charge in [-0.05, 0) is 29.8 Å². The second kappa shape index (κ2) is 9.23. The number of hydrogen-bond donors (Lipinski definition) is 0. The van der Waals surface area contributed by atoms with Gasteiger partial charge in [0.1, 0.15) is 17.5 Å². The molecule has 0 radical (unpaired) electrons. The Balaban J connectivity index is 1.81. The average molecular weight is 385 g/mol. The summed E-state index contributed by atoms with van der Waals surface area (Å²) in [5.74, 6) is -0.700. The second-order valence-electron chi connectivity index (χ2n) is 6.30. The summed E-state index contributed by atoms with van der Waals surface area (Å²) in [4.78, 5) is 18.7. The lowest BCUT2D eigenvalue weighted by Crippen LogP contribution is -2.35. The molecule has 0 aliphatic rings. The van der Waals surface area contributed by atoms with Crippen molar-refractivity contribution in [2.45, 2.75) is 13.1 Å². The van der Waals surface area contributed by atoms with E-state index in [9.17, 15) is 13.6 Å². The predicted molar refractivity (Wildman–Crippen MR) is 101 cm³/mol. The summed E-state index contributed by atoms with van der Waals surface area (Å²) < 4.78 is 34.4. The fourth-order valence-electron chi connectivity index (χ4n) is 2.90. The van der Waals surface area contributed by atoms with Gasteiger partial charge in [-0.1, -0.05) is 24.3 Å². The molecule has 28 heavy (non-hydrogen) atoms. The molecule has 0 unspecified atom stereocenters. The summed E-state index contributed by atoms with van der Waals surface area (Å²) in [6, 6.07) is 12.2. The molecule has 0 fully saturated rings. The van der Waals surface area contributed by atoms with Crippen LogP contribution < -0.4 is 0 Å². The summed E-state index contributed by atoms with van der Waals surface area (Å²) in [5.41, 5.74) is 0.782. The highest BCUT2D eigenvalue weighted by atomic mass is 19.1. The monoisotopic (exact) mass is 385 g/mol. The van der Waals surface area contributed by atoms with Crippen molar-refractivity contribution in [3.05, 3.63) is 89.5 Å². The van der Waals surface area contributed by atoms with E-state index < -0.39 is 11.7 Å². The van der Waals surface area contributed by atoms with E-state index in [4.69, 9.17) is 4.74 Å². The van der Waals surface area contributed by atoms with E-state index in [1.54, 1.807) is 24.5 Å².